The molecule has 162 valence electrons. The number of rotatable bonds is 6. The van der Waals surface area contributed by atoms with Crippen LogP contribution in [0.4, 0.5) is 4.79 Å². The van der Waals surface area contributed by atoms with Crippen molar-refractivity contribution in [3.8, 4) is 17.2 Å². The number of hydrogen-bond donors (Lipinski definition) is 2. The second-order valence-electron chi connectivity index (χ2n) is 8.23. The summed E-state index contributed by atoms with van der Waals surface area (Å²) in [6, 6.07) is 3.24. The van der Waals surface area contributed by atoms with E-state index in [4.69, 9.17) is 14.2 Å². The maximum absolute atomic E-state index is 12.6. The molecule has 2 rings (SSSR count). The third-order valence-electron chi connectivity index (χ3n) is 4.86. The molecule has 1 aliphatic heterocycles. The molecule has 8 nitrogen and oxygen atoms in total. The Bertz CT molecular complexity index is 697. The van der Waals surface area contributed by atoms with E-state index >= 15 is 0 Å². The smallest absolute Gasteiger partial charge is 0.317 e. The summed E-state index contributed by atoms with van der Waals surface area (Å²) in [5, 5.41) is 5.97. The van der Waals surface area contributed by atoms with Gasteiger partial charge in [-0.25, -0.2) is 4.79 Å². The number of urea groups is 1. The standard InChI is InChI=1S/C21H33N3O5/c1-21(2,3)23-20(26)24-9-7-14(8-10-24)13-22-19(25)15-11-16(27-4)18(29-6)17(12-15)28-5/h11-12,14H,7-10,13H2,1-6H3,(H,22,25)(H,23,26). The summed E-state index contributed by atoms with van der Waals surface area (Å²) in [4.78, 5) is 26.7. The molecule has 0 spiro atoms. The van der Waals surface area contributed by atoms with E-state index in [-0.39, 0.29) is 17.5 Å². The average Bonchev–Trinajstić information content (AvgIpc) is 2.69. The number of amides is 3. The van der Waals surface area contributed by atoms with Crippen molar-refractivity contribution in [2.24, 2.45) is 5.92 Å². The SMILES string of the molecule is COc1cc(C(=O)NCC2CCN(C(=O)NC(C)(C)C)CC2)cc(OC)c1OC. The fraction of sp³-hybridized carbons (Fsp3) is 0.619. The summed E-state index contributed by atoms with van der Waals surface area (Å²) >= 11 is 0. The number of carbonyl (C=O) groups excluding carboxylic acids is 2. The van der Waals surface area contributed by atoms with Crippen molar-refractivity contribution in [2.45, 2.75) is 39.2 Å². The first-order chi connectivity index (χ1) is 13.7. The fourth-order valence-corrected chi connectivity index (χ4v) is 3.29. The van der Waals surface area contributed by atoms with Crippen molar-refractivity contribution in [1.82, 2.24) is 15.5 Å². The van der Waals surface area contributed by atoms with Gasteiger partial charge in [0.2, 0.25) is 5.75 Å². The molecule has 1 aromatic rings. The number of benzene rings is 1. The number of carbonyl (C=O) groups is 2. The molecule has 1 aromatic carbocycles. The second kappa shape index (κ2) is 9.71. The van der Waals surface area contributed by atoms with Crippen LogP contribution in [0.25, 0.3) is 0 Å². The summed E-state index contributed by atoms with van der Waals surface area (Å²) in [5.74, 6) is 1.47. The minimum Gasteiger partial charge on any atom is -0.493 e. The Hall–Kier alpha value is -2.64. The van der Waals surface area contributed by atoms with Gasteiger partial charge in [0.25, 0.3) is 5.91 Å². The molecule has 0 atom stereocenters. The molecule has 1 heterocycles. The molecule has 1 aliphatic rings. The van der Waals surface area contributed by atoms with Crippen molar-refractivity contribution >= 4 is 11.9 Å². The molecule has 0 aromatic heterocycles. The zero-order chi connectivity index (χ0) is 21.6. The van der Waals surface area contributed by atoms with Gasteiger partial charge in [0.1, 0.15) is 0 Å². The van der Waals surface area contributed by atoms with Gasteiger partial charge in [-0.3, -0.25) is 4.79 Å². The number of ether oxygens (including phenoxy) is 3. The van der Waals surface area contributed by atoms with Gasteiger partial charge in [0, 0.05) is 30.7 Å². The van der Waals surface area contributed by atoms with Crippen LogP contribution in [-0.4, -0.2) is 63.3 Å². The van der Waals surface area contributed by atoms with Crippen molar-refractivity contribution in [1.29, 1.82) is 0 Å². The van der Waals surface area contributed by atoms with E-state index in [0.717, 1.165) is 12.8 Å². The minimum absolute atomic E-state index is 0.0302. The maximum atomic E-state index is 12.6. The van der Waals surface area contributed by atoms with Gasteiger partial charge in [-0.05, 0) is 51.7 Å². The quantitative estimate of drug-likeness (QED) is 0.757. The number of methoxy groups -OCH3 is 3. The van der Waals surface area contributed by atoms with Crippen molar-refractivity contribution < 1.29 is 23.8 Å². The highest BCUT2D eigenvalue weighted by atomic mass is 16.5. The van der Waals surface area contributed by atoms with Gasteiger partial charge in [-0.15, -0.1) is 0 Å². The van der Waals surface area contributed by atoms with E-state index in [1.807, 2.05) is 25.7 Å². The summed E-state index contributed by atoms with van der Waals surface area (Å²) in [6.07, 6.45) is 1.71. The third kappa shape index (κ3) is 6.17. The van der Waals surface area contributed by atoms with Crippen LogP contribution in [0.15, 0.2) is 12.1 Å². The van der Waals surface area contributed by atoms with Crippen LogP contribution in [0, 0.1) is 5.92 Å². The Morgan fingerprint density at radius 2 is 1.59 bits per heavy atom. The first kappa shape index (κ1) is 22.6. The number of nitrogens with one attached hydrogen (secondary N) is 2. The highest BCUT2D eigenvalue weighted by Gasteiger charge is 2.25. The first-order valence-electron chi connectivity index (χ1n) is 9.83. The van der Waals surface area contributed by atoms with E-state index in [2.05, 4.69) is 10.6 Å². The fourth-order valence-electron chi connectivity index (χ4n) is 3.29. The lowest BCUT2D eigenvalue weighted by atomic mass is 9.96. The zero-order valence-corrected chi connectivity index (χ0v) is 18.3. The Morgan fingerprint density at radius 3 is 2.03 bits per heavy atom. The van der Waals surface area contributed by atoms with Crippen LogP contribution in [0.5, 0.6) is 17.2 Å². The molecule has 1 saturated heterocycles. The lowest BCUT2D eigenvalue weighted by Gasteiger charge is -2.34. The second-order valence-corrected chi connectivity index (χ2v) is 8.23. The molecule has 3 amide bonds. The number of nitrogens with zero attached hydrogens (tertiary/aromatic N) is 1. The van der Waals surface area contributed by atoms with Crippen LogP contribution in [0.3, 0.4) is 0 Å². The van der Waals surface area contributed by atoms with E-state index in [1.165, 1.54) is 21.3 Å². The van der Waals surface area contributed by atoms with E-state index in [0.29, 0.717) is 48.4 Å². The summed E-state index contributed by atoms with van der Waals surface area (Å²) in [6.45, 7) is 7.84. The molecule has 8 heteroatoms. The zero-order valence-electron chi connectivity index (χ0n) is 18.3. The maximum Gasteiger partial charge on any atom is 0.317 e. The molecular formula is C21H33N3O5. The monoisotopic (exact) mass is 407 g/mol. The van der Waals surface area contributed by atoms with Gasteiger partial charge in [0.05, 0.1) is 21.3 Å². The normalized spacial score (nSPS) is 14.9. The molecule has 2 N–H and O–H groups in total. The third-order valence-corrected chi connectivity index (χ3v) is 4.86. The highest BCUT2D eigenvalue weighted by molar-refractivity contribution is 5.95. The van der Waals surface area contributed by atoms with Crippen LogP contribution >= 0.6 is 0 Å². The summed E-state index contributed by atoms with van der Waals surface area (Å²) in [5.41, 5.74) is 0.198. The number of likely N-dealkylation sites (tertiary alicyclic amines) is 1. The van der Waals surface area contributed by atoms with Crippen LogP contribution < -0.4 is 24.8 Å². The van der Waals surface area contributed by atoms with Crippen LogP contribution in [0.2, 0.25) is 0 Å². The molecule has 0 radical (unpaired) electrons. The van der Waals surface area contributed by atoms with Gasteiger partial charge < -0.3 is 29.7 Å². The van der Waals surface area contributed by atoms with E-state index in [1.54, 1.807) is 12.1 Å². The molecule has 1 fully saturated rings. The van der Waals surface area contributed by atoms with Gasteiger partial charge in [0.15, 0.2) is 11.5 Å². The molecule has 29 heavy (non-hydrogen) atoms. The van der Waals surface area contributed by atoms with E-state index < -0.39 is 0 Å². The van der Waals surface area contributed by atoms with Gasteiger partial charge in [-0.1, -0.05) is 0 Å². The van der Waals surface area contributed by atoms with Crippen LogP contribution in [0.1, 0.15) is 44.0 Å². The number of hydrogen-bond acceptors (Lipinski definition) is 5. The lowest BCUT2D eigenvalue weighted by molar-refractivity contribution is 0.0936. The Balaban J connectivity index is 1.90. The van der Waals surface area contributed by atoms with Crippen LogP contribution in [-0.2, 0) is 0 Å². The van der Waals surface area contributed by atoms with Gasteiger partial charge >= 0.3 is 6.03 Å². The lowest BCUT2D eigenvalue weighted by Crippen LogP contribution is -2.51. The molecule has 0 saturated carbocycles. The van der Waals surface area contributed by atoms with Crippen molar-refractivity contribution in [3.63, 3.8) is 0 Å². The van der Waals surface area contributed by atoms with E-state index in [9.17, 15) is 9.59 Å². The number of piperidine rings is 1. The summed E-state index contributed by atoms with van der Waals surface area (Å²) in [7, 11) is 4.55. The summed E-state index contributed by atoms with van der Waals surface area (Å²) < 4.78 is 15.9. The Kier molecular flexibility index (Phi) is 7.59. The predicted octanol–water partition coefficient (Wildman–Crippen LogP) is 2.66. The molecule has 0 bridgehead atoms. The minimum atomic E-state index is -0.248. The predicted molar refractivity (Wildman–Crippen MR) is 111 cm³/mol. The Morgan fingerprint density at radius 1 is 1.03 bits per heavy atom. The Labute approximate surface area is 172 Å². The van der Waals surface area contributed by atoms with Crippen molar-refractivity contribution in [2.75, 3.05) is 41.0 Å². The topological polar surface area (TPSA) is 89.1 Å². The molecule has 0 aliphatic carbocycles. The average molecular weight is 408 g/mol. The largest absolute Gasteiger partial charge is 0.493 e. The van der Waals surface area contributed by atoms with Crippen molar-refractivity contribution in [3.05, 3.63) is 17.7 Å². The first-order valence-corrected chi connectivity index (χ1v) is 9.83. The molecule has 0 unspecified atom stereocenters. The van der Waals surface area contributed by atoms with Gasteiger partial charge in [-0.2, -0.15) is 0 Å². The highest BCUT2D eigenvalue weighted by Crippen LogP contribution is 2.38. The molecular weight excluding hydrogens is 374 g/mol.